The van der Waals surface area contributed by atoms with Crippen LogP contribution in [-0.2, 0) is 4.74 Å². The second-order valence-electron chi connectivity index (χ2n) is 8.25. The molecule has 38 heavy (non-hydrogen) atoms. The predicted molar refractivity (Wildman–Crippen MR) is 141 cm³/mol. The lowest BCUT2D eigenvalue weighted by Crippen LogP contribution is -2.21. The topological polar surface area (TPSA) is 121 Å². The van der Waals surface area contributed by atoms with Crippen molar-refractivity contribution < 1.29 is 28.5 Å². The van der Waals surface area contributed by atoms with Gasteiger partial charge in [0.2, 0.25) is 5.88 Å². The Morgan fingerprint density at radius 1 is 1.03 bits per heavy atom. The molecule has 0 spiro atoms. The highest BCUT2D eigenvalue weighted by Gasteiger charge is 2.31. The van der Waals surface area contributed by atoms with Gasteiger partial charge in [0.1, 0.15) is 23.1 Å². The van der Waals surface area contributed by atoms with Crippen molar-refractivity contribution in [2.45, 2.75) is 19.3 Å². The van der Waals surface area contributed by atoms with Crippen LogP contribution in [-0.4, -0.2) is 25.7 Å². The number of ether oxygens (including phenoxy) is 4. The fourth-order valence-electron chi connectivity index (χ4n) is 3.96. The molecule has 4 rings (SSSR count). The van der Waals surface area contributed by atoms with Crippen LogP contribution in [0.5, 0.6) is 17.2 Å². The van der Waals surface area contributed by atoms with E-state index in [9.17, 15) is 14.9 Å². The summed E-state index contributed by atoms with van der Waals surface area (Å²) in [5.74, 6) is -1.01. The van der Waals surface area contributed by atoms with E-state index in [1.807, 2.05) is 6.92 Å². The third-order valence-electron chi connectivity index (χ3n) is 5.75. The minimum absolute atomic E-state index is 0.0771. The van der Waals surface area contributed by atoms with Gasteiger partial charge in [-0.25, -0.2) is 9.59 Å². The van der Waals surface area contributed by atoms with Crippen LogP contribution in [0.4, 0.5) is 0 Å². The van der Waals surface area contributed by atoms with Crippen molar-refractivity contribution in [2.24, 2.45) is 5.73 Å². The quantitative estimate of drug-likeness (QED) is 0.279. The number of nitrogens with two attached hydrogens (primary N) is 1. The Kier molecular flexibility index (Phi) is 8.10. The van der Waals surface area contributed by atoms with Gasteiger partial charge < -0.3 is 24.7 Å². The smallest absolute Gasteiger partial charge is 0.343 e. The van der Waals surface area contributed by atoms with Crippen molar-refractivity contribution in [3.05, 3.63) is 98.4 Å². The van der Waals surface area contributed by atoms with Crippen molar-refractivity contribution >= 4 is 35.1 Å². The Morgan fingerprint density at radius 3 is 2.32 bits per heavy atom. The highest BCUT2D eigenvalue weighted by atomic mass is 35.5. The molecule has 1 aliphatic rings. The van der Waals surface area contributed by atoms with Gasteiger partial charge >= 0.3 is 11.9 Å². The zero-order valence-corrected chi connectivity index (χ0v) is 21.9. The van der Waals surface area contributed by atoms with Gasteiger partial charge in [-0.2, -0.15) is 5.26 Å². The molecule has 0 amide bonds. The van der Waals surface area contributed by atoms with E-state index < -0.39 is 17.9 Å². The molecule has 0 radical (unpaired) electrons. The minimum Gasteiger partial charge on any atom is -0.490 e. The van der Waals surface area contributed by atoms with Crippen molar-refractivity contribution in [3.63, 3.8) is 0 Å². The molecule has 0 aliphatic carbocycles. The third kappa shape index (κ3) is 5.40. The first-order chi connectivity index (χ1) is 18.3. The second kappa shape index (κ2) is 11.5. The molecular formula is C28H22Cl2N2O6. The van der Waals surface area contributed by atoms with Crippen LogP contribution in [0.15, 0.2) is 66.1 Å². The zero-order chi connectivity index (χ0) is 27.4. The fraction of sp³-hybridized carbons (Fsp3) is 0.179. The van der Waals surface area contributed by atoms with Crippen molar-refractivity contribution in [2.75, 3.05) is 13.7 Å². The maximum absolute atomic E-state index is 12.8. The van der Waals surface area contributed by atoms with Crippen LogP contribution in [0.2, 0.25) is 10.0 Å². The van der Waals surface area contributed by atoms with Crippen LogP contribution in [0.1, 0.15) is 51.1 Å². The third-order valence-corrected chi connectivity index (χ3v) is 6.31. The molecule has 2 N–H and O–H groups in total. The highest BCUT2D eigenvalue weighted by Crippen LogP contribution is 2.43. The number of rotatable bonds is 7. The lowest BCUT2D eigenvalue weighted by molar-refractivity contribution is 0.0600. The van der Waals surface area contributed by atoms with Crippen LogP contribution >= 0.6 is 23.2 Å². The largest absolute Gasteiger partial charge is 0.490 e. The van der Waals surface area contributed by atoms with Crippen LogP contribution < -0.4 is 19.9 Å². The fourth-order valence-corrected chi connectivity index (χ4v) is 4.55. The summed E-state index contributed by atoms with van der Waals surface area (Å²) in [4.78, 5) is 24.6. The summed E-state index contributed by atoms with van der Waals surface area (Å²) >= 11 is 12.5. The van der Waals surface area contributed by atoms with Gasteiger partial charge in [-0.15, -0.1) is 0 Å². The van der Waals surface area contributed by atoms with Gasteiger partial charge in [0.05, 0.1) is 40.8 Å². The summed E-state index contributed by atoms with van der Waals surface area (Å²) in [7, 11) is 1.30. The number of esters is 2. The summed E-state index contributed by atoms with van der Waals surface area (Å²) < 4.78 is 21.5. The molecule has 1 aliphatic heterocycles. The van der Waals surface area contributed by atoms with Gasteiger partial charge in [-0.05, 0) is 42.3 Å². The first-order valence-corrected chi connectivity index (χ1v) is 12.3. The first-order valence-electron chi connectivity index (χ1n) is 11.5. The van der Waals surface area contributed by atoms with Crippen molar-refractivity contribution in [1.82, 2.24) is 0 Å². The lowest BCUT2D eigenvalue weighted by atomic mass is 9.83. The number of nitrogens with zero attached hydrogens (tertiary/aromatic N) is 1. The van der Waals surface area contributed by atoms with E-state index in [4.69, 9.17) is 47.9 Å². The SMILES string of the molecule is CCCOc1c(Cl)cc(C(=O)Oc2ccc3c(c2)OC(N)=C(C#N)C3c2ccc(C(=O)OC)cc2)cc1Cl. The number of nitriles is 1. The summed E-state index contributed by atoms with van der Waals surface area (Å²) in [6.45, 7) is 2.38. The molecular weight excluding hydrogens is 531 g/mol. The van der Waals surface area contributed by atoms with E-state index in [2.05, 4.69) is 6.07 Å². The minimum atomic E-state index is -0.692. The van der Waals surface area contributed by atoms with Crippen LogP contribution in [0.3, 0.4) is 0 Å². The number of hydrogen-bond donors (Lipinski definition) is 1. The van der Waals surface area contributed by atoms with E-state index in [1.54, 1.807) is 36.4 Å². The zero-order valence-electron chi connectivity index (χ0n) is 20.4. The van der Waals surface area contributed by atoms with Crippen molar-refractivity contribution in [1.29, 1.82) is 5.26 Å². The van der Waals surface area contributed by atoms with Gasteiger partial charge in [0.25, 0.3) is 0 Å². The molecule has 0 fully saturated rings. The molecule has 1 atom stereocenters. The number of halogens is 2. The molecule has 3 aromatic rings. The summed E-state index contributed by atoms with van der Waals surface area (Å²) in [5, 5.41) is 10.1. The Bertz CT molecular complexity index is 1450. The van der Waals surface area contributed by atoms with Gasteiger partial charge in [-0.1, -0.05) is 48.3 Å². The van der Waals surface area contributed by atoms with Gasteiger partial charge in [0.15, 0.2) is 5.75 Å². The maximum atomic E-state index is 12.8. The van der Waals surface area contributed by atoms with Gasteiger partial charge in [-0.3, -0.25) is 0 Å². The molecule has 8 nitrogen and oxygen atoms in total. The number of methoxy groups -OCH3 is 1. The molecule has 0 aromatic heterocycles. The second-order valence-corrected chi connectivity index (χ2v) is 9.06. The normalized spacial score (nSPS) is 14.1. The lowest BCUT2D eigenvalue weighted by Gasteiger charge is -2.26. The molecule has 10 heteroatoms. The van der Waals surface area contributed by atoms with Crippen LogP contribution in [0, 0.1) is 11.3 Å². The summed E-state index contributed by atoms with van der Waals surface area (Å²) in [6, 6.07) is 16.3. The van der Waals surface area contributed by atoms with E-state index in [-0.39, 0.29) is 32.8 Å². The van der Waals surface area contributed by atoms with Crippen molar-refractivity contribution in [3.8, 4) is 23.3 Å². The number of hydrogen-bond acceptors (Lipinski definition) is 8. The Balaban J connectivity index is 1.62. The Labute approximate surface area is 229 Å². The molecule has 0 bridgehead atoms. The summed E-state index contributed by atoms with van der Waals surface area (Å²) in [5.41, 5.74) is 8.12. The molecule has 1 unspecified atom stereocenters. The Morgan fingerprint density at radius 2 is 1.71 bits per heavy atom. The average molecular weight is 553 g/mol. The van der Waals surface area contributed by atoms with Crippen LogP contribution in [0.25, 0.3) is 0 Å². The Hall–Kier alpha value is -4.19. The van der Waals surface area contributed by atoms with E-state index in [0.717, 1.165) is 6.42 Å². The average Bonchev–Trinajstić information content (AvgIpc) is 2.91. The summed E-state index contributed by atoms with van der Waals surface area (Å²) in [6.07, 6.45) is 0.770. The predicted octanol–water partition coefficient (Wildman–Crippen LogP) is 6.01. The number of allylic oxidation sites excluding steroid dienone is 1. The van der Waals surface area contributed by atoms with E-state index in [1.165, 1.54) is 25.3 Å². The number of fused-ring (bicyclic) bond motifs is 1. The molecule has 1 heterocycles. The van der Waals surface area contributed by atoms with E-state index >= 15 is 0 Å². The molecule has 194 valence electrons. The number of carbonyl (C=O) groups is 2. The maximum Gasteiger partial charge on any atom is 0.343 e. The number of benzene rings is 3. The monoisotopic (exact) mass is 552 g/mol. The molecule has 0 saturated heterocycles. The standard InChI is InChI=1S/C28H22Cl2N2O6/c1-3-10-36-25-21(29)11-17(12-22(25)30)28(34)37-18-8-9-19-23(13-18)38-26(32)20(14-31)24(19)15-4-6-16(7-5-15)27(33)35-2/h4-9,11-13,24H,3,10,32H2,1-2H3. The first kappa shape index (κ1) is 26.9. The molecule has 0 saturated carbocycles. The highest BCUT2D eigenvalue weighted by molar-refractivity contribution is 6.37. The molecule has 3 aromatic carbocycles. The van der Waals surface area contributed by atoms with Gasteiger partial charge in [0, 0.05) is 11.6 Å². The number of carbonyl (C=O) groups excluding carboxylic acids is 2. The van der Waals surface area contributed by atoms with E-state index in [0.29, 0.717) is 34.8 Å².